The number of rotatable bonds is 3. The third kappa shape index (κ3) is 3.02. The highest BCUT2D eigenvalue weighted by Crippen LogP contribution is 2.22. The molecule has 0 aliphatic heterocycles. The van der Waals surface area contributed by atoms with Crippen LogP contribution in [-0.2, 0) is 0 Å². The van der Waals surface area contributed by atoms with Crippen molar-refractivity contribution in [3.8, 4) is 11.4 Å². The zero-order chi connectivity index (χ0) is 17.2. The second-order valence-electron chi connectivity index (χ2n) is 5.44. The highest BCUT2D eigenvalue weighted by molar-refractivity contribution is 6.03. The number of H-pyrrole nitrogens is 2. The summed E-state index contributed by atoms with van der Waals surface area (Å²) in [5, 5.41) is 8.69. The van der Waals surface area contributed by atoms with Gasteiger partial charge in [0.2, 0.25) is 0 Å². The van der Waals surface area contributed by atoms with Crippen molar-refractivity contribution in [2.24, 2.45) is 0 Å². The van der Waals surface area contributed by atoms with Crippen molar-refractivity contribution in [1.82, 2.24) is 20.2 Å². The number of carbonyl (C=O) groups is 1. The maximum absolute atomic E-state index is 12.2. The summed E-state index contributed by atoms with van der Waals surface area (Å²) in [4.78, 5) is 31.0. The Morgan fingerprint density at radius 1 is 1.00 bits per heavy atom. The van der Waals surface area contributed by atoms with Crippen molar-refractivity contribution in [3.63, 3.8) is 0 Å². The first kappa shape index (κ1) is 14.8. The van der Waals surface area contributed by atoms with Gasteiger partial charge >= 0.3 is 0 Å². The lowest BCUT2D eigenvalue weighted by Crippen LogP contribution is -2.17. The highest BCUT2D eigenvalue weighted by Gasteiger charge is 2.10. The number of imidazole rings is 1. The van der Waals surface area contributed by atoms with E-state index < -0.39 is 5.91 Å². The number of aromatic nitrogens is 4. The Morgan fingerprint density at radius 3 is 2.60 bits per heavy atom. The van der Waals surface area contributed by atoms with Gasteiger partial charge < -0.3 is 10.3 Å². The minimum atomic E-state index is -0.404. The SMILES string of the molecule is O=C(Nc1ccc2nc(-c3ccccc3)[nH]c2c1)c1ccc(=O)[nH]n1. The van der Waals surface area contributed by atoms with E-state index in [1.165, 1.54) is 12.1 Å². The summed E-state index contributed by atoms with van der Waals surface area (Å²) in [7, 11) is 0. The average molecular weight is 331 g/mol. The fraction of sp³-hybridized carbons (Fsp3) is 0. The summed E-state index contributed by atoms with van der Waals surface area (Å²) in [6.45, 7) is 0. The number of anilines is 1. The summed E-state index contributed by atoms with van der Waals surface area (Å²) in [5.74, 6) is 0.361. The van der Waals surface area contributed by atoms with E-state index in [9.17, 15) is 9.59 Å². The van der Waals surface area contributed by atoms with E-state index in [0.717, 1.165) is 22.4 Å². The number of nitrogens with one attached hydrogen (secondary N) is 3. The first-order chi connectivity index (χ1) is 12.2. The van der Waals surface area contributed by atoms with Gasteiger partial charge in [0.15, 0.2) is 0 Å². The number of nitrogens with zero attached hydrogens (tertiary/aromatic N) is 2. The van der Waals surface area contributed by atoms with Crippen LogP contribution in [0.2, 0.25) is 0 Å². The maximum Gasteiger partial charge on any atom is 0.276 e. The second kappa shape index (κ2) is 6.04. The van der Waals surface area contributed by atoms with Gasteiger partial charge in [-0.3, -0.25) is 9.59 Å². The standard InChI is InChI=1S/C18H13N5O2/c24-16-9-8-14(22-23-16)18(25)19-12-6-7-13-15(10-12)21-17(20-13)11-4-2-1-3-5-11/h1-10H,(H,19,25)(H,20,21)(H,23,24). The molecule has 2 aromatic carbocycles. The van der Waals surface area contributed by atoms with Crippen LogP contribution in [0.5, 0.6) is 0 Å². The molecule has 0 saturated heterocycles. The third-order valence-corrected chi connectivity index (χ3v) is 3.70. The van der Waals surface area contributed by atoms with Gasteiger partial charge in [-0.05, 0) is 24.3 Å². The molecular formula is C18H13N5O2. The van der Waals surface area contributed by atoms with Gasteiger partial charge in [-0.1, -0.05) is 30.3 Å². The summed E-state index contributed by atoms with van der Waals surface area (Å²) in [5.41, 5.74) is 2.98. The summed E-state index contributed by atoms with van der Waals surface area (Å²) >= 11 is 0. The molecule has 1 amide bonds. The van der Waals surface area contributed by atoms with E-state index in [1.54, 1.807) is 12.1 Å². The topological polar surface area (TPSA) is 104 Å². The first-order valence-corrected chi connectivity index (χ1v) is 7.61. The van der Waals surface area contributed by atoms with E-state index in [4.69, 9.17) is 0 Å². The molecule has 0 radical (unpaired) electrons. The van der Waals surface area contributed by atoms with Gasteiger partial charge in [-0.15, -0.1) is 0 Å². The van der Waals surface area contributed by atoms with Crippen LogP contribution in [0.15, 0.2) is 65.5 Å². The number of benzene rings is 2. The van der Waals surface area contributed by atoms with Crippen molar-refractivity contribution >= 4 is 22.6 Å². The van der Waals surface area contributed by atoms with Gasteiger partial charge in [-0.25, -0.2) is 10.1 Å². The molecule has 2 heterocycles. The molecule has 0 aliphatic carbocycles. The van der Waals surface area contributed by atoms with Crippen LogP contribution in [-0.4, -0.2) is 26.1 Å². The third-order valence-electron chi connectivity index (χ3n) is 3.70. The molecule has 2 aromatic heterocycles. The van der Waals surface area contributed by atoms with Crippen molar-refractivity contribution in [1.29, 1.82) is 0 Å². The molecule has 0 atom stereocenters. The second-order valence-corrected chi connectivity index (χ2v) is 5.44. The van der Waals surface area contributed by atoms with Crippen LogP contribution in [0.3, 0.4) is 0 Å². The van der Waals surface area contributed by atoms with Crippen molar-refractivity contribution in [3.05, 3.63) is 76.7 Å². The molecule has 122 valence electrons. The van der Waals surface area contributed by atoms with Gasteiger partial charge in [0.25, 0.3) is 11.5 Å². The number of amides is 1. The van der Waals surface area contributed by atoms with Crippen LogP contribution >= 0.6 is 0 Å². The zero-order valence-corrected chi connectivity index (χ0v) is 13.0. The van der Waals surface area contributed by atoms with Crippen LogP contribution in [0, 0.1) is 0 Å². The van der Waals surface area contributed by atoms with Gasteiger partial charge in [0.05, 0.1) is 11.0 Å². The Bertz CT molecular complexity index is 1090. The molecule has 3 N–H and O–H groups in total. The normalized spacial score (nSPS) is 10.7. The summed E-state index contributed by atoms with van der Waals surface area (Å²) < 4.78 is 0. The monoisotopic (exact) mass is 331 g/mol. The minimum Gasteiger partial charge on any atom is -0.338 e. The molecule has 0 saturated carbocycles. The summed E-state index contributed by atoms with van der Waals surface area (Å²) in [6, 6.07) is 17.8. The Hall–Kier alpha value is -3.74. The zero-order valence-electron chi connectivity index (χ0n) is 13.0. The molecule has 0 unspecified atom stereocenters. The molecule has 0 fully saturated rings. The van der Waals surface area contributed by atoms with E-state index in [1.807, 2.05) is 36.4 Å². The van der Waals surface area contributed by atoms with E-state index in [2.05, 4.69) is 25.5 Å². The van der Waals surface area contributed by atoms with Gasteiger partial charge in [0.1, 0.15) is 11.5 Å². The molecule has 0 spiro atoms. The Kier molecular flexibility index (Phi) is 3.59. The molecule has 0 bridgehead atoms. The highest BCUT2D eigenvalue weighted by atomic mass is 16.2. The van der Waals surface area contributed by atoms with Crippen molar-refractivity contribution < 1.29 is 4.79 Å². The number of hydrogen-bond acceptors (Lipinski definition) is 4. The lowest BCUT2D eigenvalue weighted by Gasteiger charge is -2.03. The molecule has 4 rings (SSSR count). The predicted octanol–water partition coefficient (Wildman–Crippen LogP) is 2.57. The molecule has 7 heteroatoms. The van der Waals surface area contributed by atoms with Gasteiger partial charge in [0, 0.05) is 17.3 Å². The fourth-order valence-electron chi connectivity index (χ4n) is 2.49. The number of hydrogen-bond donors (Lipinski definition) is 3. The van der Waals surface area contributed by atoms with Crippen molar-refractivity contribution in [2.45, 2.75) is 0 Å². The van der Waals surface area contributed by atoms with E-state index in [-0.39, 0.29) is 11.3 Å². The van der Waals surface area contributed by atoms with Crippen LogP contribution in [0.4, 0.5) is 5.69 Å². The molecular weight excluding hydrogens is 318 g/mol. The Morgan fingerprint density at radius 2 is 1.84 bits per heavy atom. The number of aromatic amines is 2. The fourth-order valence-corrected chi connectivity index (χ4v) is 2.49. The average Bonchev–Trinajstić information content (AvgIpc) is 3.06. The Balaban J connectivity index is 1.62. The van der Waals surface area contributed by atoms with Crippen LogP contribution in [0.25, 0.3) is 22.4 Å². The smallest absolute Gasteiger partial charge is 0.276 e. The maximum atomic E-state index is 12.2. The minimum absolute atomic E-state index is 0.134. The largest absolute Gasteiger partial charge is 0.338 e. The molecule has 0 aliphatic rings. The van der Waals surface area contributed by atoms with E-state index >= 15 is 0 Å². The van der Waals surface area contributed by atoms with Crippen LogP contribution in [0.1, 0.15) is 10.5 Å². The van der Waals surface area contributed by atoms with E-state index in [0.29, 0.717) is 5.69 Å². The number of carbonyl (C=O) groups excluding carboxylic acids is 1. The summed E-state index contributed by atoms with van der Waals surface area (Å²) in [6.07, 6.45) is 0. The van der Waals surface area contributed by atoms with Gasteiger partial charge in [-0.2, -0.15) is 5.10 Å². The first-order valence-electron chi connectivity index (χ1n) is 7.61. The lowest BCUT2D eigenvalue weighted by atomic mass is 10.2. The predicted molar refractivity (Wildman–Crippen MR) is 94.3 cm³/mol. The molecule has 25 heavy (non-hydrogen) atoms. The molecule has 7 nitrogen and oxygen atoms in total. The number of fused-ring (bicyclic) bond motifs is 1. The lowest BCUT2D eigenvalue weighted by molar-refractivity contribution is 0.102. The Labute approximate surface area is 141 Å². The quantitative estimate of drug-likeness (QED) is 0.537. The molecule has 4 aromatic rings. The van der Waals surface area contributed by atoms with Crippen molar-refractivity contribution in [2.75, 3.05) is 5.32 Å². The van der Waals surface area contributed by atoms with Crippen LogP contribution < -0.4 is 10.9 Å².